The van der Waals surface area contributed by atoms with Crippen LogP contribution in [-0.2, 0) is 0 Å². The number of oxazole rings is 1. The minimum Gasteiger partial charge on any atom is -0.432 e. The predicted octanol–water partition coefficient (Wildman–Crippen LogP) is 2.62. The van der Waals surface area contributed by atoms with E-state index in [4.69, 9.17) is 10.2 Å². The normalized spacial score (nSPS) is 11.0. The highest BCUT2D eigenvalue weighted by atomic mass is 16.6. The van der Waals surface area contributed by atoms with E-state index in [-0.39, 0.29) is 11.7 Å². The number of aromatic amines is 1. The molecule has 3 rings (SSSR count). The molecule has 0 aliphatic heterocycles. The smallest absolute Gasteiger partial charge is 0.292 e. The molecule has 0 spiro atoms. The van der Waals surface area contributed by atoms with Gasteiger partial charge < -0.3 is 15.1 Å². The van der Waals surface area contributed by atoms with Crippen LogP contribution in [0.3, 0.4) is 0 Å². The van der Waals surface area contributed by atoms with Crippen LogP contribution in [0.4, 0.5) is 11.7 Å². The number of nitrogens with zero attached hydrogens (tertiary/aromatic N) is 2. The molecule has 2 heterocycles. The van der Waals surface area contributed by atoms with Crippen molar-refractivity contribution in [3.63, 3.8) is 0 Å². The van der Waals surface area contributed by atoms with Crippen molar-refractivity contribution in [2.75, 3.05) is 5.73 Å². The Kier molecular flexibility index (Phi) is 2.28. The molecular weight excluding hydrogens is 248 g/mol. The molecule has 0 bridgehead atoms. The minimum absolute atomic E-state index is 0.0416. The van der Waals surface area contributed by atoms with Gasteiger partial charge in [-0.1, -0.05) is 0 Å². The van der Waals surface area contributed by atoms with Gasteiger partial charge in [-0.2, -0.15) is 4.98 Å². The Morgan fingerprint density at radius 1 is 1.47 bits per heavy atom. The van der Waals surface area contributed by atoms with Crippen molar-refractivity contribution in [1.82, 2.24) is 9.97 Å². The lowest BCUT2D eigenvalue weighted by atomic mass is 10.1. The zero-order chi connectivity index (χ0) is 13.6. The summed E-state index contributed by atoms with van der Waals surface area (Å²) in [7, 11) is 0. The Balaban J connectivity index is 2.26. The standard InChI is InChI=1S/C12H10N4O3/c1-6-11(10-5-19-12(13)15-10)8-3-2-7(16(17)18)4-9(8)14-6/h2-5,14H,1H3,(H2,13,15). The van der Waals surface area contributed by atoms with Crippen molar-refractivity contribution >= 4 is 22.6 Å². The molecule has 0 aliphatic rings. The number of anilines is 1. The number of nitrogens with two attached hydrogens (primary N) is 1. The number of rotatable bonds is 2. The highest BCUT2D eigenvalue weighted by Gasteiger charge is 2.16. The van der Waals surface area contributed by atoms with Crippen molar-refractivity contribution in [3.8, 4) is 11.3 Å². The topological polar surface area (TPSA) is 111 Å². The number of H-pyrrole nitrogens is 1. The third-order valence-corrected chi connectivity index (χ3v) is 2.96. The molecule has 19 heavy (non-hydrogen) atoms. The first-order valence-corrected chi connectivity index (χ1v) is 5.54. The first kappa shape index (κ1) is 11.3. The van der Waals surface area contributed by atoms with Gasteiger partial charge >= 0.3 is 0 Å². The fraction of sp³-hybridized carbons (Fsp3) is 0.0833. The maximum absolute atomic E-state index is 10.8. The van der Waals surface area contributed by atoms with Crippen molar-refractivity contribution in [2.45, 2.75) is 6.92 Å². The number of benzene rings is 1. The molecule has 3 N–H and O–H groups in total. The van der Waals surface area contributed by atoms with Gasteiger partial charge in [-0.25, -0.2) is 0 Å². The van der Waals surface area contributed by atoms with Crippen molar-refractivity contribution in [2.24, 2.45) is 0 Å². The number of hydrogen-bond donors (Lipinski definition) is 2. The fourth-order valence-corrected chi connectivity index (χ4v) is 2.17. The van der Waals surface area contributed by atoms with E-state index in [9.17, 15) is 10.1 Å². The van der Waals surface area contributed by atoms with Crippen molar-refractivity contribution in [1.29, 1.82) is 0 Å². The number of nitro groups is 1. The van der Waals surface area contributed by atoms with Crippen LogP contribution in [0, 0.1) is 17.0 Å². The van der Waals surface area contributed by atoms with Gasteiger partial charge in [0, 0.05) is 28.8 Å². The average molecular weight is 258 g/mol. The Morgan fingerprint density at radius 2 is 2.26 bits per heavy atom. The number of aryl methyl sites for hydroxylation is 1. The second kappa shape index (κ2) is 3.84. The van der Waals surface area contributed by atoms with Gasteiger partial charge in [0.1, 0.15) is 12.0 Å². The molecule has 0 saturated carbocycles. The third kappa shape index (κ3) is 1.71. The lowest BCUT2D eigenvalue weighted by molar-refractivity contribution is -0.384. The lowest BCUT2D eigenvalue weighted by Crippen LogP contribution is -1.87. The van der Waals surface area contributed by atoms with Crippen LogP contribution in [-0.4, -0.2) is 14.9 Å². The fourth-order valence-electron chi connectivity index (χ4n) is 2.17. The van der Waals surface area contributed by atoms with Crippen LogP contribution in [0.25, 0.3) is 22.2 Å². The van der Waals surface area contributed by atoms with Crippen LogP contribution in [0.15, 0.2) is 28.9 Å². The van der Waals surface area contributed by atoms with Gasteiger partial charge in [0.2, 0.25) is 0 Å². The highest BCUT2D eigenvalue weighted by Crippen LogP contribution is 2.33. The molecule has 0 saturated heterocycles. The predicted molar refractivity (Wildman–Crippen MR) is 69.6 cm³/mol. The van der Waals surface area contributed by atoms with Gasteiger partial charge in [-0.15, -0.1) is 0 Å². The van der Waals surface area contributed by atoms with Crippen molar-refractivity contribution < 1.29 is 9.34 Å². The number of nitro benzene ring substituents is 1. The number of nitrogen functional groups attached to an aromatic ring is 1. The summed E-state index contributed by atoms with van der Waals surface area (Å²) in [4.78, 5) is 17.5. The second-order valence-electron chi connectivity index (χ2n) is 4.18. The monoisotopic (exact) mass is 258 g/mol. The average Bonchev–Trinajstić information content (AvgIpc) is 2.90. The maximum Gasteiger partial charge on any atom is 0.292 e. The summed E-state index contributed by atoms with van der Waals surface area (Å²) in [6.45, 7) is 1.87. The Labute approximate surface area is 107 Å². The third-order valence-electron chi connectivity index (χ3n) is 2.96. The summed E-state index contributed by atoms with van der Waals surface area (Å²) in [5.74, 6) is 0. The summed E-state index contributed by atoms with van der Waals surface area (Å²) in [5, 5.41) is 11.6. The number of non-ortho nitro benzene ring substituents is 1. The SMILES string of the molecule is Cc1[nH]c2cc([N+](=O)[O-])ccc2c1-c1coc(N)n1. The van der Waals surface area contributed by atoms with Gasteiger partial charge in [0.25, 0.3) is 11.7 Å². The van der Waals surface area contributed by atoms with Gasteiger partial charge in [-0.3, -0.25) is 10.1 Å². The molecule has 0 amide bonds. The van der Waals surface area contributed by atoms with Crippen LogP contribution in [0.5, 0.6) is 0 Å². The summed E-state index contributed by atoms with van der Waals surface area (Å²) >= 11 is 0. The van der Waals surface area contributed by atoms with Crippen LogP contribution in [0.1, 0.15) is 5.69 Å². The van der Waals surface area contributed by atoms with Gasteiger partial charge in [0.15, 0.2) is 0 Å². The summed E-state index contributed by atoms with van der Waals surface area (Å²) in [5.41, 5.74) is 8.49. The van der Waals surface area contributed by atoms with E-state index in [2.05, 4.69) is 9.97 Å². The molecule has 0 unspecified atom stereocenters. The summed E-state index contributed by atoms with van der Waals surface area (Å²) in [6.07, 6.45) is 1.46. The summed E-state index contributed by atoms with van der Waals surface area (Å²) in [6, 6.07) is 4.74. The molecule has 96 valence electrons. The zero-order valence-corrected chi connectivity index (χ0v) is 10.0. The Hall–Kier alpha value is -2.83. The van der Waals surface area contributed by atoms with E-state index in [1.807, 2.05) is 6.92 Å². The van der Waals surface area contributed by atoms with Gasteiger partial charge in [-0.05, 0) is 13.0 Å². The number of aromatic nitrogens is 2. The molecular formula is C12H10N4O3. The number of hydrogen-bond acceptors (Lipinski definition) is 5. The number of nitrogens with one attached hydrogen (secondary N) is 1. The Morgan fingerprint density at radius 3 is 2.89 bits per heavy atom. The molecule has 0 atom stereocenters. The van der Waals surface area contributed by atoms with Crippen LogP contribution >= 0.6 is 0 Å². The van der Waals surface area contributed by atoms with E-state index < -0.39 is 4.92 Å². The minimum atomic E-state index is -0.427. The molecule has 0 radical (unpaired) electrons. The molecule has 2 aromatic heterocycles. The molecule has 0 aliphatic carbocycles. The highest BCUT2D eigenvalue weighted by molar-refractivity contribution is 5.97. The second-order valence-corrected chi connectivity index (χ2v) is 4.18. The molecule has 3 aromatic rings. The van der Waals surface area contributed by atoms with E-state index in [0.29, 0.717) is 11.2 Å². The number of fused-ring (bicyclic) bond motifs is 1. The zero-order valence-electron chi connectivity index (χ0n) is 10.0. The van der Waals surface area contributed by atoms with E-state index in [0.717, 1.165) is 16.6 Å². The van der Waals surface area contributed by atoms with Crippen molar-refractivity contribution in [3.05, 3.63) is 40.3 Å². The lowest BCUT2D eigenvalue weighted by Gasteiger charge is -1.95. The van der Waals surface area contributed by atoms with E-state index in [1.165, 1.54) is 18.4 Å². The van der Waals surface area contributed by atoms with Crippen LogP contribution < -0.4 is 5.73 Å². The molecule has 0 fully saturated rings. The molecule has 1 aromatic carbocycles. The quantitative estimate of drug-likeness (QED) is 0.542. The van der Waals surface area contributed by atoms with E-state index >= 15 is 0 Å². The largest absolute Gasteiger partial charge is 0.432 e. The Bertz CT molecular complexity index is 787. The first-order valence-electron chi connectivity index (χ1n) is 5.54. The van der Waals surface area contributed by atoms with Crippen LogP contribution in [0.2, 0.25) is 0 Å². The molecule has 7 nitrogen and oxygen atoms in total. The molecule has 7 heteroatoms. The van der Waals surface area contributed by atoms with E-state index in [1.54, 1.807) is 6.07 Å². The van der Waals surface area contributed by atoms with Gasteiger partial charge in [0.05, 0.1) is 10.4 Å². The first-order chi connectivity index (χ1) is 9.06. The summed E-state index contributed by atoms with van der Waals surface area (Å²) < 4.78 is 5.00. The maximum atomic E-state index is 10.8.